The molecule has 1 aliphatic heterocycles. The number of hydrogen-bond acceptors (Lipinski definition) is 5. The van der Waals surface area contributed by atoms with E-state index in [1.165, 1.54) is 15.6 Å². The van der Waals surface area contributed by atoms with E-state index in [2.05, 4.69) is 10.1 Å². The second kappa shape index (κ2) is 5.31. The molecule has 0 radical (unpaired) electrons. The molecule has 1 saturated heterocycles. The Bertz CT molecular complexity index is 748. The standard InChI is InChI=1S/C15H21BN4O3/c1-6-19-10-18-20(13(19)21)12-8-7-11(9-17-12)16-22-14(2,3)15(4,5)23-16/h7-10H,6H2,1-5H3. The van der Waals surface area contributed by atoms with Crippen LogP contribution < -0.4 is 11.2 Å². The van der Waals surface area contributed by atoms with Crippen LogP contribution in [0.2, 0.25) is 0 Å². The highest BCUT2D eigenvalue weighted by molar-refractivity contribution is 6.62. The molecule has 0 unspecified atom stereocenters. The number of aromatic nitrogens is 4. The van der Waals surface area contributed by atoms with Crippen LogP contribution in [-0.2, 0) is 15.9 Å². The molecule has 3 rings (SSSR count). The molecule has 0 N–H and O–H groups in total. The van der Waals surface area contributed by atoms with Gasteiger partial charge in [-0.2, -0.15) is 9.78 Å². The summed E-state index contributed by atoms with van der Waals surface area (Å²) in [5, 5.41) is 4.07. The van der Waals surface area contributed by atoms with Gasteiger partial charge in [-0.15, -0.1) is 0 Å². The van der Waals surface area contributed by atoms with Crippen molar-refractivity contribution in [2.24, 2.45) is 0 Å². The van der Waals surface area contributed by atoms with Gasteiger partial charge in [-0.25, -0.2) is 9.78 Å². The predicted molar refractivity (Wildman–Crippen MR) is 87.0 cm³/mol. The molecule has 122 valence electrons. The van der Waals surface area contributed by atoms with E-state index in [-0.39, 0.29) is 5.69 Å². The Balaban J connectivity index is 1.86. The quantitative estimate of drug-likeness (QED) is 0.782. The lowest BCUT2D eigenvalue weighted by Crippen LogP contribution is -2.41. The Morgan fingerprint density at radius 2 is 1.83 bits per heavy atom. The molecule has 0 spiro atoms. The second-order valence-corrected chi connectivity index (χ2v) is 6.65. The lowest BCUT2D eigenvalue weighted by molar-refractivity contribution is 0.00578. The van der Waals surface area contributed by atoms with Crippen LogP contribution in [0.3, 0.4) is 0 Å². The summed E-state index contributed by atoms with van der Waals surface area (Å²) in [6, 6.07) is 3.59. The molecule has 3 heterocycles. The van der Waals surface area contributed by atoms with Gasteiger partial charge in [0.15, 0.2) is 5.82 Å². The van der Waals surface area contributed by atoms with Gasteiger partial charge in [-0.3, -0.25) is 4.57 Å². The number of pyridine rings is 1. The minimum atomic E-state index is -0.466. The number of hydrogen-bond donors (Lipinski definition) is 0. The number of rotatable bonds is 3. The largest absolute Gasteiger partial charge is 0.496 e. The highest BCUT2D eigenvalue weighted by Gasteiger charge is 2.51. The van der Waals surface area contributed by atoms with Crippen LogP contribution in [0.4, 0.5) is 0 Å². The van der Waals surface area contributed by atoms with Crippen molar-refractivity contribution >= 4 is 12.6 Å². The third-order valence-corrected chi connectivity index (χ3v) is 4.59. The topological polar surface area (TPSA) is 71.2 Å². The summed E-state index contributed by atoms with van der Waals surface area (Å²) >= 11 is 0. The molecule has 7 nitrogen and oxygen atoms in total. The van der Waals surface area contributed by atoms with E-state index in [9.17, 15) is 4.79 Å². The molecule has 1 aliphatic rings. The zero-order chi connectivity index (χ0) is 16.8. The van der Waals surface area contributed by atoms with E-state index in [4.69, 9.17) is 9.31 Å². The monoisotopic (exact) mass is 316 g/mol. The fourth-order valence-corrected chi connectivity index (χ4v) is 2.35. The van der Waals surface area contributed by atoms with Crippen molar-refractivity contribution in [3.63, 3.8) is 0 Å². The van der Waals surface area contributed by atoms with Crippen LogP contribution in [0.25, 0.3) is 5.82 Å². The van der Waals surface area contributed by atoms with Crippen LogP contribution in [0, 0.1) is 0 Å². The molecule has 0 amide bonds. The molecule has 23 heavy (non-hydrogen) atoms. The van der Waals surface area contributed by atoms with Gasteiger partial charge >= 0.3 is 12.8 Å². The summed E-state index contributed by atoms with van der Waals surface area (Å²) in [4.78, 5) is 16.4. The van der Waals surface area contributed by atoms with E-state index >= 15 is 0 Å². The van der Waals surface area contributed by atoms with Crippen molar-refractivity contribution in [2.45, 2.75) is 52.4 Å². The molecule has 0 bridgehead atoms. The molecular formula is C15H21BN4O3. The molecule has 0 saturated carbocycles. The molecule has 1 fully saturated rings. The van der Waals surface area contributed by atoms with E-state index in [0.29, 0.717) is 12.4 Å². The molecule has 8 heteroatoms. The summed E-state index contributed by atoms with van der Waals surface area (Å²) in [7, 11) is -0.466. The third kappa shape index (κ3) is 2.62. The van der Waals surface area contributed by atoms with Gasteiger partial charge in [0.05, 0.1) is 11.2 Å². The fourth-order valence-electron chi connectivity index (χ4n) is 2.35. The van der Waals surface area contributed by atoms with Crippen molar-refractivity contribution in [1.29, 1.82) is 0 Å². The van der Waals surface area contributed by atoms with Gasteiger partial charge in [-0.05, 0) is 40.7 Å². The Labute approximate surface area is 135 Å². The minimum absolute atomic E-state index is 0.205. The minimum Gasteiger partial charge on any atom is -0.399 e. The summed E-state index contributed by atoms with van der Waals surface area (Å²) in [6.45, 7) is 10.5. The van der Waals surface area contributed by atoms with Crippen molar-refractivity contribution in [3.8, 4) is 5.82 Å². The molecule has 0 aliphatic carbocycles. The van der Waals surface area contributed by atoms with E-state index < -0.39 is 18.3 Å². The van der Waals surface area contributed by atoms with Crippen LogP contribution >= 0.6 is 0 Å². The lowest BCUT2D eigenvalue weighted by atomic mass is 9.80. The van der Waals surface area contributed by atoms with Crippen molar-refractivity contribution in [3.05, 3.63) is 35.1 Å². The smallest absolute Gasteiger partial charge is 0.399 e. The fraction of sp³-hybridized carbons (Fsp3) is 0.533. The van der Waals surface area contributed by atoms with Crippen LogP contribution in [0.15, 0.2) is 29.5 Å². The SMILES string of the molecule is CCn1cnn(-c2ccc(B3OC(C)(C)C(C)(C)O3)cn2)c1=O. The maximum Gasteiger partial charge on any atom is 0.496 e. The third-order valence-electron chi connectivity index (χ3n) is 4.59. The summed E-state index contributed by atoms with van der Waals surface area (Å²) in [6.07, 6.45) is 3.17. The van der Waals surface area contributed by atoms with Crippen LogP contribution in [0.1, 0.15) is 34.6 Å². The van der Waals surface area contributed by atoms with Crippen LogP contribution in [-0.4, -0.2) is 37.7 Å². The van der Waals surface area contributed by atoms with Gasteiger partial charge in [-0.1, -0.05) is 6.07 Å². The first-order valence-electron chi connectivity index (χ1n) is 7.71. The normalized spacial score (nSPS) is 19.3. The van der Waals surface area contributed by atoms with Gasteiger partial charge in [0.25, 0.3) is 0 Å². The van der Waals surface area contributed by atoms with Crippen LogP contribution in [0.5, 0.6) is 0 Å². The molecule has 2 aromatic heterocycles. The zero-order valence-electron chi connectivity index (χ0n) is 14.1. The maximum absolute atomic E-state index is 12.1. The average Bonchev–Trinajstić information content (AvgIpc) is 2.96. The molecular weight excluding hydrogens is 295 g/mol. The number of nitrogens with zero attached hydrogens (tertiary/aromatic N) is 4. The first-order chi connectivity index (χ1) is 10.7. The summed E-state index contributed by atoms with van der Waals surface area (Å²) in [5.74, 6) is 0.475. The van der Waals surface area contributed by atoms with Crippen molar-refractivity contribution < 1.29 is 9.31 Å². The van der Waals surface area contributed by atoms with Crippen molar-refractivity contribution in [1.82, 2.24) is 19.3 Å². The van der Waals surface area contributed by atoms with Gasteiger partial charge < -0.3 is 9.31 Å². The average molecular weight is 316 g/mol. The van der Waals surface area contributed by atoms with Gasteiger partial charge in [0, 0.05) is 18.2 Å². The number of aryl methyl sites for hydroxylation is 1. The summed E-state index contributed by atoms with van der Waals surface area (Å²) in [5.41, 5.74) is -0.181. The second-order valence-electron chi connectivity index (χ2n) is 6.65. The first-order valence-corrected chi connectivity index (χ1v) is 7.71. The van der Waals surface area contributed by atoms with Crippen molar-refractivity contribution in [2.75, 3.05) is 0 Å². The molecule has 0 aromatic carbocycles. The van der Waals surface area contributed by atoms with E-state index in [1.54, 1.807) is 12.3 Å². The van der Waals surface area contributed by atoms with Gasteiger partial charge in [0.1, 0.15) is 6.33 Å². The lowest BCUT2D eigenvalue weighted by Gasteiger charge is -2.32. The highest BCUT2D eigenvalue weighted by atomic mass is 16.7. The van der Waals surface area contributed by atoms with E-state index in [1.807, 2.05) is 40.7 Å². The summed E-state index contributed by atoms with van der Waals surface area (Å²) < 4.78 is 14.8. The Kier molecular flexibility index (Phi) is 3.69. The maximum atomic E-state index is 12.1. The Morgan fingerprint density at radius 1 is 1.17 bits per heavy atom. The predicted octanol–water partition coefficient (Wildman–Crippen LogP) is 0.748. The first kappa shape index (κ1) is 16.0. The molecule has 0 atom stereocenters. The Morgan fingerprint density at radius 3 is 2.30 bits per heavy atom. The Hall–Kier alpha value is -1.93. The highest BCUT2D eigenvalue weighted by Crippen LogP contribution is 2.36. The van der Waals surface area contributed by atoms with E-state index in [0.717, 1.165) is 5.46 Å². The molecule has 2 aromatic rings. The van der Waals surface area contributed by atoms with Gasteiger partial charge in [0.2, 0.25) is 0 Å². The zero-order valence-corrected chi connectivity index (χ0v) is 14.1.